The second-order valence-electron chi connectivity index (χ2n) is 9.61. The highest BCUT2D eigenvalue weighted by atomic mass is 35.5. The van der Waals surface area contributed by atoms with Crippen molar-refractivity contribution in [2.24, 2.45) is 0 Å². The zero-order valence-corrected chi connectivity index (χ0v) is 22.3. The number of nitrogens with one attached hydrogen (secondary N) is 1. The first-order chi connectivity index (χ1) is 18.5. The maximum absolute atomic E-state index is 11.8. The lowest BCUT2D eigenvalue weighted by Gasteiger charge is -2.34. The fraction of sp³-hybridized carbons (Fsp3) is 0.481. The van der Waals surface area contributed by atoms with Crippen molar-refractivity contribution in [3.63, 3.8) is 0 Å². The first-order valence-corrected chi connectivity index (χ1v) is 12.9. The van der Waals surface area contributed by atoms with E-state index in [-0.39, 0.29) is 18.4 Å². The van der Waals surface area contributed by atoms with Gasteiger partial charge in [0, 0.05) is 36.4 Å². The number of aliphatic hydroxyl groups excluding tert-OH is 1. The minimum atomic E-state index is -5.08. The summed E-state index contributed by atoms with van der Waals surface area (Å²) in [6, 6.07) is 16.4. The lowest BCUT2D eigenvalue weighted by molar-refractivity contribution is -0.192. The van der Waals surface area contributed by atoms with E-state index in [1.54, 1.807) is 0 Å². The Balaban J connectivity index is 0.000000532. The molecular formula is C27H33ClF3N3O5. The average molecular weight is 572 g/mol. The summed E-state index contributed by atoms with van der Waals surface area (Å²) in [6.45, 7) is 4.31. The molecule has 8 nitrogen and oxygen atoms in total. The minimum Gasteiger partial charge on any atom is -0.475 e. The summed E-state index contributed by atoms with van der Waals surface area (Å²) in [5.74, 6) is -3.01. The molecule has 0 aromatic heterocycles. The van der Waals surface area contributed by atoms with Crippen molar-refractivity contribution in [2.45, 2.75) is 50.2 Å². The largest absolute Gasteiger partial charge is 0.490 e. The van der Waals surface area contributed by atoms with Crippen molar-refractivity contribution in [2.75, 3.05) is 38.2 Å². The van der Waals surface area contributed by atoms with E-state index in [0.717, 1.165) is 55.3 Å². The third-order valence-electron chi connectivity index (χ3n) is 6.78. The average Bonchev–Trinajstić information content (AvgIpc) is 3.26. The van der Waals surface area contributed by atoms with Gasteiger partial charge in [0.1, 0.15) is 0 Å². The number of methoxy groups -OCH3 is 1. The molecule has 0 aliphatic carbocycles. The van der Waals surface area contributed by atoms with Gasteiger partial charge in [0.2, 0.25) is 0 Å². The van der Waals surface area contributed by atoms with E-state index in [9.17, 15) is 23.1 Å². The standard InChI is InChI=1S/C25H32ClN3O3.C2HF3O2/c1-32-25(31)14-19-4-2-3-5-23(19)29-16-22(24(30)17-29)27-21-10-12-28(13-11-21)15-18-6-8-20(26)9-7-18;3-2(4,5)1(6)7/h2-9,21-22,24,27,30H,10-17H2,1H3;(H,6,7)/t22?,24-;/m1./s1. The number of aliphatic hydroxyl groups is 1. The van der Waals surface area contributed by atoms with E-state index in [1.165, 1.54) is 12.7 Å². The number of esters is 1. The first kappa shape index (κ1) is 30.7. The number of para-hydroxylation sites is 1. The fourth-order valence-electron chi connectivity index (χ4n) is 4.75. The molecule has 2 saturated heterocycles. The summed E-state index contributed by atoms with van der Waals surface area (Å²) in [5.41, 5.74) is 3.22. The van der Waals surface area contributed by atoms with Gasteiger partial charge in [-0.1, -0.05) is 41.9 Å². The van der Waals surface area contributed by atoms with Crippen LogP contribution < -0.4 is 10.2 Å². The monoisotopic (exact) mass is 571 g/mol. The van der Waals surface area contributed by atoms with Crippen LogP contribution >= 0.6 is 11.6 Å². The van der Waals surface area contributed by atoms with E-state index in [4.69, 9.17) is 26.2 Å². The lowest BCUT2D eigenvalue weighted by atomic mass is 10.0. The van der Waals surface area contributed by atoms with Crippen LogP contribution in [-0.4, -0.2) is 84.7 Å². The molecule has 39 heavy (non-hydrogen) atoms. The molecule has 1 unspecified atom stereocenters. The maximum Gasteiger partial charge on any atom is 0.490 e. The Kier molecular flexibility index (Phi) is 11.0. The number of piperidine rings is 1. The van der Waals surface area contributed by atoms with Gasteiger partial charge in [-0.15, -0.1) is 0 Å². The number of hydrogen-bond donors (Lipinski definition) is 3. The third kappa shape index (κ3) is 9.38. The maximum atomic E-state index is 11.8. The predicted octanol–water partition coefficient (Wildman–Crippen LogP) is 3.49. The SMILES string of the molecule is COC(=O)Cc1ccccc1N1CC(NC2CCN(Cc3ccc(Cl)cc3)CC2)[C@H](O)C1.O=C(O)C(F)(F)F. The molecule has 2 heterocycles. The number of likely N-dealkylation sites (tertiary alicyclic amines) is 1. The summed E-state index contributed by atoms with van der Waals surface area (Å²) in [4.78, 5) is 25.3. The zero-order chi connectivity index (χ0) is 28.6. The van der Waals surface area contributed by atoms with Crippen molar-refractivity contribution >= 4 is 29.2 Å². The molecule has 2 atom stereocenters. The molecule has 0 saturated carbocycles. The number of β-amino-alcohol motifs (C(OH)–C–C–N with tert-alkyl or cyclic N) is 1. The molecule has 0 bridgehead atoms. The summed E-state index contributed by atoms with van der Waals surface area (Å²) >= 11 is 5.99. The van der Waals surface area contributed by atoms with Crippen molar-refractivity contribution in [3.8, 4) is 0 Å². The van der Waals surface area contributed by atoms with Crippen molar-refractivity contribution < 1.29 is 37.7 Å². The number of alkyl halides is 3. The summed E-state index contributed by atoms with van der Waals surface area (Å²) in [5, 5.41) is 22.3. The Morgan fingerprint density at radius 1 is 1.08 bits per heavy atom. The van der Waals surface area contributed by atoms with Crippen LogP contribution in [0.5, 0.6) is 0 Å². The first-order valence-electron chi connectivity index (χ1n) is 12.6. The van der Waals surface area contributed by atoms with Crippen LogP contribution in [0, 0.1) is 0 Å². The van der Waals surface area contributed by atoms with Crippen LogP contribution in [0.1, 0.15) is 24.0 Å². The molecule has 2 aromatic rings. The predicted molar refractivity (Wildman–Crippen MR) is 141 cm³/mol. The Morgan fingerprint density at radius 2 is 1.69 bits per heavy atom. The Bertz CT molecular complexity index is 1090. The van der Waals surface area contributed by atoms with E-state index < -0.39 is 18.2 Å². The summed E-state index contributed by atoms with van der Waals surface area (Å²) < 4.78 is 36.6. The van der Waals surface area contributed by atoms with Gasteiger partial charge in [-0.2, -0.15) is 13.2 Å². The van der Waals surface area contributed by atoms with Crippen LogP contribution in [0.3, 0.4) is 0 Å². The number of benzene rings is 2. The van der Waals surface area contributed by atoms with Crippen molar-refractivity contribution in [1.82, 2.24) is 10.2 Å². The Morgan fingerprint density at radius 3 is 2.28 bits per heavy atom. The highest BCUT2D eigenvalue weighted by Crippen LogP contribution is 2.26. The zero-order valence-electron chi connectivity index (χ0n) is 21.5. The molecule has 4 rings (SSSR count). The number of hydrogen-bond acceptors (Lipinski definition) is 7. The van der Waals surface area contributed by atoms with Gasteiger partial charge >= 0.3 is 18.1 Å². The van der Waals surface area contributed by atoms with Crippen molar-refractivity contribution in [3.05, 3.63) is 64.7 Å². The molecule has 214 valence electrons. The molecule has 2 aliphatic heterocycles. The summed E-state index contributed by atoms with van der Waals surface area (Å²) in [7, 11) is 1.41. The Labute approximate surface area is 230 Å². The molecule has 0 amide bonds. The second kappa shape index (κ2) is 14.0. The number of nitrogens with zero attached hydrogens (tertiary/aromatic N) is 2. The number of rotatable bonds is 7. The van der Waals surface area contributed by atoms with Crippen molar-refractivity contribution in [1.29, 1.82) is 0 Å². The summed E-state index contributed by atoms with van der Waals surface area (Å²) in [6.07, 6.45) is -3.15. The number of carboxylic acids is 1. The van der Waals surface area contributed by atoms with Crippen LogP contribution in [0.2, 0.25) is 5.02 Å². The number of carbonyl (C=O) groups excluding carboxylic acids is 1. The van der Waals surface area contributed by atoms with Gasteiger partial charge in [-0.25, -0.2) is 4.79 Å². The third-order valence-corrected chi connectivity index (χ3v) is 7.04. The van der Waals surface area contributed by atoms with Crippen LogP contribution in [0.25, 0.3) is 0 Å². The van der Waals surface area contributed by atoms with Crippen LogP contribution in [-0.2, 0) is 27.3 Å². The number of ether oxygens (including phenoxy) is 1. The number of carboxylic acid groups (broad SMARTS) is 1. The number of halogens is 4. The van der Waals surface area contributed by atoms with E-state index >= 15 is 0 Å². The van der Waals surface area contributed by atoms with Gasteiger partial charge < -0.3 is 25.2 Å². The van der Waals surface area contributed by atoms with Crippen LogP contribution in [0.15, 0.2) is 48.5 Å². The fourth-order valence-corrected chi connectivity index (χ4v) is 4.88. The molecular weight excluding hydrogens is 539 g/mol. The van der Waals surface area contributed by atoms with Gasteiger partial charge in [0.15, 0.2) is 0 Å². The number of aliphatic carboxylic acids is 1. The quantitative estimate of drug-likeness (QED) is 0.434. The normalized spacial score (nSPS) is 20.3. The Hall–Kier alpha value is -2.86. The van der Waals surface area contributed by atoms with Gasteiger partial charge in [-0.3, -0.25) is 9.69 Å². The van der Waals surface area contributed by atoms with Crippen LogP contribution in [0.4, 0.5) is 18.9 Å². The van der Waals surface area contributed by atoms with Gasteiger partial charge in [0.05, 0.1) is 25.7 Å². The lowest BCUT2D eigenvalue weighted by Crippen LogP contribution is -2.49. The molecule has 2 aliphatic rings. The molecule has 2 fully saturated rings. The molecule has 0 spiro atoms. The van der Waals surface area contributed by atoms with Gasteiger partial charge in [-0.05, 0) is 55.3 Å². The highest BCUT2D eigenvalue weighted by Gasteiger charge is 2.38. The minimum absolute atomic E-state index is 0.0222. The number of carbonyl (C=O) groups is 2. The molecule has 3 N–H and O–H groups in total. The molecule has 0 radical (unpaired) electrons. The second-order valence-corrected chi connectivity index (χ2v) is 10.0. The smallest absolute Gasteiger partial charge is 0.475 e. The topological polar surface area (TPSA) is 102 Å². The highest BCUT2D eigenvalue weighted by molar-refractivity contribution is 6.30. The molecule has 2 aromatic carbocycles. The molecule has 12 heteroatoms. The van der Waals surface area contributed by atoms with E-state index in [2.05, 4.69) is 27.2 Å². The van der Waals surface area contributed by atoms with Gasteiger partial charge in [0.25, 0.3) is 0 Å². The van der Waals surface area contributed by atoms with E-state index in [0.29, 0.717) is 12.6 Å². The number of anilines is 1. The van der Waals surface area contributed by atoms with E-state index in [1.807, 2.05) is 36.4 Å².